The fraction of sp³-hybridized carbons (Fsp3) is 1.00. The SMILES string of the molecule is CC(C)(C(C)(C)S(=O)(=O)N1CCCC2CCCCC21)S(=O)(=O)O. The van der Waals surface area contributed by atoms with Gasteiger partial charge in [0.2, 0.25) is 10.0 Å². The van der Waals surface area contributed by atoms with Gasteiger partial charge in [-0.15, -0.1) is 0 Å². The van der Waals surface area contributed by atoms with Gasteiger partial charge in [0.05, 0.1) is 0 Å². The van der Waals surface area contributed by atoms with Gasteiger partial charge in [-0.2, -0.15) is 12.7 Å². The lowest BCUT2D eigenvalue weighted by atomic mass is 9.79. The van der Waals surface area contributed by atoms with Gasteiger partial charge < -0.3 is 0 Å². The largest absolute Gasteiger partial charge is 0.285 e. The number of sulfonamides is 1. The molecule has 0 aromatic carbocycles. The van der Waals surface area contributed by atoms with Gasteiger partial charge in [0.15, 0.2) is 0 Å². The molecule has 1 saturated heterocycles. The van der Waals surface area contributed by atoms with Gasteiger partial charge in [0.1, 0.15) is 9.49 Å². The van der Waals surface area contributed by atoms with E-state index in [-0.39, 0.29) is 6.04 Å². The summed E-state index contributed by atoms with van der Waals surface area (Å²) in [4.78, 5) is 0. The van der Waals surface area contributed by atoms with Crippen molar-refractivity contribution in [3.8, 4) is 0 Å². The topological polar surface area (TPSA) is 91.8 Å². The highest BCUT2D eigenvalue weighted by Crippen LogP contribution is 2.43. The lowest BCUT2D eigenvalue weighted by Crippen LogP contribution is -2.63. The van der Waals surface area contributed by atoms with Crippen LogP contribution in [0.15, 0.2) is 0 Å². The summed E-state index contributed by atoms with van der Waals surface area (Å²) >= 11 is 0. The van der Waals surface area contributed by atoms with Crippen molar-refractivity contribution in [1.29, 1.82) is 0 Å². The minimum Gasteiger partial charge on any atom is -0.285 e. The van der Waals surface area contributed by atoms with E-state index in [2.05, 4.69) is 0 Å². The van der Waals surface area contributed by atoms with Crippen molar-refractivity contribution in [2.24, 2.45) is 5.92 Å². The first kappa shape index (κ1) is 19.1. The first-order chi connectivity index (χ1) is 10.3. The third kappa shape index (κ3) is 2.96. The monoisotopic (exact) mass is 367 g/mol. The van der Waals surface area contributed by atoms with E-state index < -0.39 is 29.6 Å². The number of rotatable bonds is 4. The summed E-state index contributed by atoms with van der Waals surface area (Å²) < 4.78 is 57.9. The van der Waals surface area contributed by atoms with Gasteiger partial charge in [0.25, 0.3) is 10.1 Å². The van der Waals surface area contributed by atoms with Crippen LogP contribution in [0, 0.1) is 5.92 Å². The van der Waals surface area contributed by atoms with E-state index in [1.54, 1.807) is 0 Å². The van der Waals surface area contributed by atoms with E-state index in [9.17, 15) is 21.4 Å². The molecule has 2 rings (SSSR count). The number of hydrogen-bond donors (Lipinski definition) is 1. The third-order valence-corrected chi connectivity index (χ3v) is 11.0. The smallest absolute Gasteiger partial charge is 0.271 e. The maximum Gasteiger partial charge on any atom is 0.271 e. The van der Waals surface area contributed by atoms with Crippen molar-refractivity contribution >= 4 is 20.1 Å². The summed E-state index contributed by atoms with van der Waals surface area (Å²) in [6.07, 6.45) is 5.87. The van der Waals surface area contributed by atoms with Crippen molar-refractivity contribution in [3.63, 3.8) is 0 Å². The molecule has 1 aliphatic heterocycles. The number of nitrogens with zero attached hydrogens (tertiary/aromatic N) is 1. The molecule has 1 saturated carbocycles. The highest BCUT2D eigenvalue weighted by Gasteiger charge is 2.58. The normalized spacial score (nSPS) is 28.4. The molecule has 136 valence electrons. The predicted octanol–water partition coefficient (Wildman–Crippen LogP) is 2.42. The summed E-state index contributed by atoms with van der Waals surface area (Å²) in [7, 11) is -8.40. The molecule has 1 N–H and O–H groups in total. The molecule has 0 bridgehead atoms. The van der Waals surface area contributed by atoms with Crippen LogP contribution in [0.3, 0.4) is 0 Å². The van der Waals surface area contributed by atoms with Gasteiger partial charge in [-0.3, -0.25) is 4.55 Å². The quantitative estimate of drug-likeness (QED) is 0.771. The zero-order valence-electron chi connectivity index (χ0n) is 14.4. The Balaban J connectivity index is 2.44. The van der Waals surface area contributed by atoms with Gasteiger partial charge in [-0.25, -0.2) is 8.42 Å². The van der Waals surface area contributed by atoms with Crippen molar-refractivity contribution in [2.45, 2.75) is 81.8 Å². The van der Waals surface area contributed by atoms with Crippen LogP contribution >= 0.6 is 0 Å². The lowest BCUT2D eigenvalue weighted by Gasteiger charge is -2.48. The van der Waals surface area contributed by atoms with Crippen LogP contribution in [-0.2, 0) is 20.1 Å². The van der Waals surface area contributed by atoms with Crippen LogP contribution in [0.1, 0.15) is 66.2 Å². The van der Waals surface area contributed by atoms with Crippen LogP contribution in [0.5, 0.6) is 0 Å². The Hall–Kier alpha value is -0.180. The zero-order valence-corrected chi connectivity index (χ0v) is 16.1. The Kier molecular flexibility index (Phi) is 4.97. The first-order valence-corrected chi connectivity index (χ1v) is 11.2. The van der Waals surface area contributed by atoms with Crippen LogP contribution in [0.25, 0.3) is 0 Å². The van der Waals surface area contributed by atoms with Crippen LogP contribution in [-0.4, -0.2) is 47.8 Å². The van der Waals surface area contributed by atoms with Crippen molar-refractivity contribution < 1.29 is 21.4 Å². The van der Waals surface area contributed by atoms with E-state index in [4.69, 9.17) is 0 Å². The number of piperidine rings is 1. The average molecular weight is 368 g/mol. The second-order valence-electron chi connectivity index (χ2n) is 7.87. The number of fused-ring (bicyclic) bond motifs is 1. The molecular weight excluding hydrogens is 338 g/mol. The Bertz CT molecular complexity index is 649. The van der Waals surface area contributed by atoms with E-state index >= 15 is 0 Å². The summed E-state index contributed by atoms with van der Waals surface area (Å²) in [6, 6.07) is -0.0287. The maximum absolute atomic E-state index is 13.3. The van der Waals surface area contributed by atoms with Gasteiger partial charge in [-0.1, -0.05) is 12.8 Å². The maximum atomic E-state index is 13.3. The van der Waals surface area contributed by atoms with Crippen molar-refractivity contribution in [2.75, 3.05) is 6.54 Å². The molecular formula is C15H29NO5S2. The fourth-order valence-electron chi connectivity index (χ4n) is 3.79. The summed E-state index contributed by atoms with van der Waals surface area (Å²) in [5.41, 5.74) is 0. The summed E-state index contributed by atoms with van der Waals surface area (Å²) in [5.74, 6) is 0.372. The van der Waals surface area contributed by atoms with Gasteiger partial charge in [-0.05, 0) is 59.3 Å². The molecule has 0 radical (unpaired) electrons. The molecule has 2 fully saturated rings. The molecule has 1 aliphatic carbocycles. The van der Waals surface area contributed by atoms with Gasteiger partial charge >= 0.3 is 0 Å². The molecule has 0 aromatic heterocycles. The van der Waals surface area contributed by atoms with E-state index in [1.165, 1.54) is 32.0 Å². The predicted molar refractivity (Wildman–Crippen MR) is 90.3 cm³/mol. The second-order valence-corrected chi connectivity index (χ2v) is 12.3. The highest BCUT2D eigenvalue weighted by atomic mass is 32.2. The molecule has 0 amide bonds. The third-order valence-electron chi connectivity index (χ3n) is 6.24. The van der Waals surface area contributed by atoms with Crippen LogP contribution in [0.4, 0.5) is 0 Å². The molecule has 0 spiro atoms. The molecule has 8 heteroatoms. The minimum absolute atomic E-state index is 0.0287. The molecule has 2 atom stereocenters. The second kappa shape index (κ2) is 5.97. The average Bonchev–Trinajstić information content (AvgIpc) is 2.45. The van der Waals surface area contributed by atoms with E-state index in [1.807, 2.05) is 0 Å². The lowest BCUT2D eigenvalue weighted by molar-refractivity contribution is 0.125. The van der Waals surface area contributed by atoms with Crippen molar-refractivity contribution in [1.82, 2.24) is 4.31 Å². The Labute approximate surface area is 140 Å². The minimum atomic E-state index is -4.52. The molecule has 1 heterocycles. The molecule has 0 aromatic rings. The number of hydrogen-bond acceptors (Lipinski definition) is 4. The van der Waals surface area contributed by atoms with E-state index in [0.29, 0.717) is 12.5 Å². The molecule has 6 nitrogen and oxygen atoms in total. The summed E-state index contributed by atoms with van der Waals surface area (Å²) in [6.45, 7) is 5.81. The van der Waals surface area contributed by atoms with Crippen molar-refractivity contribution in [3.05, 3.63) is 0 Å². The standard InChI is InChI=1S/C15H29NO5S2/c1-14(2,15(3,4)23(19,20)21)22(17,18)16-11-7-9-12-8-5-6-10-13(12)16/h12-13H,5-11H2,1-4H3,(H,19,20,21). The highest BCUT2D eigenvalue weighted by molar-refractivity contribution is 7.93. The molecule has 2 unspecified atom stereocenters. The fourth-order valence-corrected chi connectivity index (χ4v) is 7.26. The Morgan fingerprint density at radius 2 is 1.39 bits per heavy atom. The molecule has 2 aliphatic rings. The zero-order chi connectivity index (χ0) is 17.7. The van der Waals surface area contributed by atoms with Crippen LogP contribution in [0.2, 0.25) is 0 Å². The van der Waals surface area contributed by atoms with Gasteiger partial charge in [0, 0.05) is 12.6 Å². The molecule has 23 heavy (non-hydrogen) atoms. The summed E-state index contributed by atoms with van der Waals surface area (Å²) in [5, 5.41) is 0. The Morgan fingerprint density at radius 1 is 0.870 bits per heavy atom. The Morgan fingerprint density at radius 3 is 1.96 bits per heavy atom. The first-order valence-electron chi connectivity index (χ1n) is 8.32. The van der Waals surface area contributed by atoms with Crippen LogP contribution < -0.4 is 0 Å². The van der Waals surface area contributed by atoms with E-state index in [0.717, 1.165) is 38.5 Å².